The Kier molecular flexibility index (Phi) is 7.15. The van der Waals surface area contributed by atoms with Gasteiger partial charge < -0.3 is 14.8 Å². The first kappa shape index (κ1) is 15.9. The van der Waals surface area contributed by atoms with Crippen LogP contribution in [0.15, 0.2) is 0 Å². The predicted molar refractivity (Wildman–Crippen MR) is 75.0 cm³/mol. The number of rotatable bonds is 8. The van der Waals surface area contributed by atoms with Gasteiger partial charge in [0.15, 0.2) is 0 Å². The van der Waals surface area contributed by atoms with Crippen molar-refractivity contribution >= 4 is 0 Å². The molecule has 0 amide bonds. The van der Waals surface area contributed by atoms with Gasteiger partial charge in [-0.05, 0) is 40.7 Å². The zero-order valence-corrected chi connectivity index (χ0v) is 12.5. The molecular formula is C14H30N2O2. The molecule has 1 rings (SSSR count). The van der Waals surface area contributed by atoms with Crippen LogP contribution in [-0.2, 0) is 9.47 Å². The van der Waals surface area contributed by atoms with Crippen molar-refractivity contribution in [3.8, 4) is 0 Å². The van der Waals surface area contributed by atoms with Crippen LogP contribution in [0.3, 0.4) is 0 Å². The molecule has 1 saturated heterocycles. The molecule has 0 bridgehead atoms. The van der Waals surface area contributed by atoms with Gasteiger partial charge in [0.1, 0.15) is 0 Å². The van der Waals surface area contributed by atoms with Crippen molar-refractivity contribution in [1.82, 2.24) is 10.2 Å². The molecule has 0 spiro atoms. The standard InChI is InChI=1S/C14H30N2O2/c1-5-17-9-6-7-15-11-13(2)16-8-10-18-14(3,4)12-16/h13,15H,5-12H2,1-4H3. The van der Waals surface area contributed by atoms with Gasteiger partial charge in [-0.15, -0.1) is 0 Å². The lowest BCUT2D eigenvalue weighted by atomic mass is 10.1. The Bertz CT molecular complexity index is 222. The van der Waals surface area contributed by atoms with Crippen molar-refractivity contribution < 1.29 is 9.47 Å². The number of hydrogen-bond acceptors (Lipinski definition) is 4. The molecule has 1 aliphatic heterocycles. The van der Waals surface area contributed by atoms with E-state index in [-0.39, 0.29) is 5.60 Å². The van der Waals surface area contributed by atoms with Crippen LogP contribution in [0, 0.1) is 0 Å². The lowest BCUT2D eigenvalue weighted by Crippen LogP contribution is -2.53. The van der Waals surface area contributed by atoms with Crippen LogP contribution in [0.4, 0.5) is 0 Å². The van der Waals surface area contributed by atoms with E-state index >= 15 is 0 Å². The van der Waals surface area contributed by atoms with E-state index in [1.165, 1.54) is 0 Å². The second kappa shape index (κ2) is 8.10. The van der Waals surface area contributed by atoms with Crippen LogP contribution in [0.5, 0.6) is 0 Å². The summed E-state index contributed by atoms with van der Waals surface area (Å²) < 4.78 is 11.1. The van der Waals surface area contributed by atoms with Crippen LogP contribution in [0.1, 0.15) is 34.1 Å². The van der Waals surface area contributed by atoms with Gasteiger partial charge in [0.05, 0.1) is 12.2 Å². The molecule has 0 radical (unpaired) electrons. The summed E-state index contributed by atoms with van der Waals surface area (Å²) in [5, 5.41) is 3.51. The van der Waals surface area contributed by atoms with Crippen LogP contribution >= 0.6 is 0 Å². The first-order valence-electron chi connectivity index (χ1n) is 7.21. The molecule has 1 N–H and O–H groups in total. The average Bonchev–Trinajstić information content (AvgIpc) is 2.32. The summed E-state index contributed by atoms with van der Waals surface area (Å²) in [4.78, 5) is 2.51. The van der Waals surface area contributed by atoms with E-state index in [9.17, 15) is 0 Å². The van der Waals surface area contributed by atoms with Gasteiger partial charge in [0.2, 0.25) is 0 Å². The van der Waals surface area contributed by atoms with Gasteiger partial charge >= 0.3 is 0 Å². The normalized spacial score (nSPS) is 22.0. The van der Waals surface area contributed by atoms with Crippen LogP contribution in [0.25, 0.3) is 0 Å². The second-order valence-electron chi connectivity index (χ2n) is 5.68. The third-order valence-corrected chi connectivity index (χ3v) is 3.36. The van der Waals surface area contributed by atoms with Gasteiger partial charge in [-0.25, -0.2) is 0 Å². The van der Waals surface area contributed by atoms with Gasteiger partial charge in [0, 0.05) is 38.9 Å². The van der Waals surface area contributed by atoms with Crippen molar-refractivity contribution in [3.63, 3.8) is 0 Å². The van der Waals surface area contributed by atoms with Gasteiger partial charge in [-0.3, -0.25) is 4.90 Å². The maximum atomic E-state index is 5.74. The lowest BCUT2D eigenvalue weighted by molar-refractivity contribution is -0.0950. The van der Waals surface area contributed by atoms with Crippen molar-refractivity contribution in [2.45, 2.75) is 45.8 Å². The molecule has 18 heavy (non-hydrogen) atoms. The summed E-state index contributed by atoms with van der Waals surface area (Å²) in [6, 6.07) is 0.570. The minimum absolute atomic E-state index is 0.00146. The fourth-order valence-electron chi connectivity index (χ4n) is 2.31. The topological polar surface area (TPSA) is 33.7 Å². The average molecular weight is 258 g/mol. The highest BCUT2D eigenvalue weighted by Crippen LogP contribution is 2.17. The maximum absolute atomic E-state index is 5.74. The van der Waals surface area contributed by atoms with Gasteiger partial charge in [0.25, 0.3) is 0 Å². The second-order valence-corrected chi connectivity index (χ2v) is 5.68. The van der Waals surface area contributed by atoms with E-state index in [0.717, 1.165) is 52.4 Å². The molecule has 1 aliphatic rings. The summed E-state index contributed by atoms with van der Waals surface area (Å²) in [5.41, 5.74) is 0.00146. The summed E-state index contributed by atoms with van der Waals surface area (Å²) in [6.07, 6.45) is 1.09. The molecule has 1 unspecified atom stereocenters. The van der Waals surface area contributed by atoms with E-state index < -0.39 is 0 Å². The molecule has 0 aromatic rings. The van der Waals surface area contributed by atoms with E-state index in [2.05, 4.69) is 31.0 Å². The Hall–Kier alpha value is -0.160. The molecule has 0 aromatic heterocycles. The third-order valence-electron chi connectivity index (χ3n) is 3.36. The molecule has 4 nitrogen and oxygen atoms in total. The molecule has 1 atom stereocenters. The minimum Gasteiger partial charge on any atom is -0.382 e. The van der Waals surface area contributed by atoms with Crippen molar-refractivity contribution in [3.05, 3.63) is 0 Å². The van der Waals surface area contributed by atoms with Crippen LogP contribution in [0.2, 0.25) is 0 Å². The lowest BCUT2D eigenvalue weighted by Gasteiger charge is -2.41. The van der Waals surface area contributed by atoms with E-state index in [0.29, 0.717) is 6.04 Å². The molecule has 1 fully saturated rings. The third kappa shape index (κ3) is 6.14. The monoisotopic (exact) mass is 258 g/mol. The van der Waals surface area contributed by atoms with Crippen LogP contribution < -0.4 is 5.32 Å². The SMILES string of the molecule is CCOCCCNCC(C)N1CCOC(C)(C)C1. The smallest absolute Gasteiger partial charge is 0.0753 e. The predicted octanol–water partition coefficient (Wildman–Crippen LogP) is 1.50. The Morgan fingerprint density at radius 2 is 2.22 bits per heavy atom. The Balaban J connectivity index is 2.10. The van der Waals surface area contributed by atoms with Crippen molar-refractivity contribution in [1.29, 1.82) is 0 Å². The number of morpholine rings is 1. The zero-order chi connectivity index (χ0) is 13.4. The van der Waals surface area contributed by atoms with E-state index in [1.54, 1.807) is 0 Å². The molecule has 0 aromatic carbocycles. The van der Waals surface area contributed by atoms with Crippen molar-refractivity contribution in [2.24, 2.45) is 0 Å². The summed E-state index contributed by atoms with van der Waals surface area (Å²) >= 11 is 0. The first-order valence-corrected chi connectivity index (χ1v) is 7.21. The molecule has 4 heteroatoms. The number of nitrogens with one attached hydrogen (secondary N) is 1. The van der Waals surface area contributed by atoms with E-state index in [4.69, 9.17) is 9.47 Å². The number of hydrogen-bond donors (Lipinski definition) is 1. The number of ether oxygens (including phenoxy) is 2. The fourth-order valence-corrected chi connectivity index (χ4v) is 2.31. The fraction of sp³-hybridized carbons (Fsp3) is 1.00. The Morgan fingerprint density at radius 1 is 1.44 bits per heavy atom. The zero-order valence-electron chi connectivity index (χ0n) is 12.5. The first-order chi connectivity index (χ1) is 8.55. The van der Waals surface area contributed by atoms with E-state index in [1.807, 2.05) is 6.92 Å². The Morgan fingerprint density at radius 3 is 2.89 bits per heavy atom. The molecule has 0 aliphatic carbocycles. The van der Waals surface area contributed by atoms with Crippen molar-refractivity contribution in [2.75, 3.05) is 46.0 Å². The maximum Gasteiger partial charge on any atom is 0.0753 e. The summed E-state index contributed by atoms with van der Waals surface area (Å²) in [5.74, 6) is 0. The quantitative estimate of drug-likeness (QED) is 0.669. The largest absolute Gasteiger partial charge is 0.382 e. The number of nitrogens with zero attached hydrogens (tertiary/aromatic N) is 1. The highest BCUT2D eigenvalue weighted by Gasteiger charge is 2.29. The molecule has 1 heterocycles. The minimum atomic E-state index is 0.00146. The highest BCUT2D eigenvalue weighted by atomic mass is 16.5. The molecular weight excluding hydrogens is 228 g/mol. The summed E-state index contributed by atoms with van der Waals surface area (Å²) in [6.45, 7) is 15.3. The Labute approximate surface area is 112 Å². The van der Waals surface area contributed by atoms with Crippen LogP contribution in [-0.4, -0.2) is 62.5 Å². The van der Waals surface area contributed by atoms with Gasteiger partial charge in [-0.2, -0.15) is 0 Å². The highest BCUT2D eigenvalue weighted by molar-refractivity contribution is 4.82. The molecule has 0 saturated carbocycles. The molecule has 108 valence electrons. The summed E-state index contributed by atoms with van der Waals surface area (Å²) in [7, 11) is 0. The van der Waals surface area contributed by atoms with Gasteiger partial charge in [-0.1, -0.05) is 0 Å².